The second kappa shape index (κ2) is 29.6. The Hall–Kier alpha value is -5.57. The number of rotatable bonds is 23. The van der Waals surface area contributed by atoms with Crippen molar-refractivity contribution in [1.29, 1.82) is 0 Å². The molecule has 2 aliphatic heterocycles. The summed E-state index contributed by atoms with van der Waals surface area (Å²) < 4.78 is 189. The first-order valence-electron chi connectivity index (χ1n) is 29.7. The van der Waals surface area contributed by atoms with E-state index >= 15 is 8.78 Å². The molecule has 25 heteroatoms. The molecule has 488 valence electrons. The monoisotopic (exact) mass is 1450 g/mol. The summed E-state index contributed by atoms with van der Waals surface area (Å²) in [6.45, 7) is 5.56. The van der Waals surface area contributed by atoms with Crippen molar-refractivity contribution < 1.29 is 72.0 Å². The van der Waals surface area contributed by atoms with Gasteiger partial charge in [0.15, 0.2) is 16.8 Å². The molecular weight excluding hydrogens is 1370 g/mol. The molecular formula is C65H73BrF13N7O3Sn. The Kier molecular flexibility index (Phi) is 23.6. The fraction of sp³-hybridized carbons (Fsp3) is 0.477. The van der Waals surface area contributed by atoms with Crippen LogP contribution in [0.1, 0.15) is 162 Å². The summed E-state index contributed by atoms with van der Waals surface area (Å²) in [6, 6.07) is 15.1. The molecule has 3 atom stereocenters. The second-order valence-corrected chi connectivity index (χ2v) is 38.8. The maximum atomic E-state index is 15.5. The maximum Gasteiger partial charge on any atom is 0.324 e. The van der Waals surface area contributed by atoms with Crippen molar-refractivity contribution in [3.63, 3.8) is 0 Å². The molecule has 12 rings (SSSR count). The minimum atomic E-state index is -4.03. The topological polar surface area (TPSA) is 128 Å². The van der Waals surface area contributed by atoms with E-state index in [4.69, 9.17) is 9.47 Å². The number of hydrogen-bond acceptors (Lipinski definition) is 9. The molecule has 2 saturated heterocycles. The van der Waals surface area contributed by atoms with Crippen LogP contribution in [-0.2, 0) is 50.6 Å². The Bertz CT molecular complexity index is 3430. The molecule has 7 aromatic rings. The zero-order valence-electron chi connectivity index (χ0n) is 49.1. The summed E-state index contributed by atoms with van der Waals surface area (Å²) in [4.78, 5) is 11.3. The van der Waals surface area contributed by atoms with Gasteiger partial charge in [-0.15, -0.1) is 5.10 Å². The molecule has 6 heterocycles. The average Bonchev–Trinajstić information content (AvgIpc) is 1.72. The maximum absolute atomic E-state index is 15.5. The van der Waals surface area contributed by atoms with Crippen molar-refractivity contribution in [2.75, 3.05) is 13.2 Å². The number of tetrazole rings is 1. The first kappa shape index (κ1) is 71.9. The zero-order chi connectivity index (χ0) is 63.3. The normalized spacial score (nSPS) is 19.3. The molecule has 0 bridgehead atoms. The van der Waals surface area contributed by atoms with Gasteiger partial charge < -0.3 is 14.6 Å². The number of unbranched alkanes of at least 4 members (excludes halogenated alkanes) is 3. The van der Waals surface area contributed by atoms with Crippen LogP contribution in [0.15, 0.2) is 120 Å². The van der Waals surface area contributed by atoms with Crippen molar-refractivity contribution in [3.8, 4) is 0 Å². The summed E-state index contributed by atoms with van der Waals surface area (Å²) in [7, 11) is 0. The molecule has 4 aromatic heterocycles. The molecule has 0 spiro atoms. The Morgan fingerprint density at radius 3 is 1.34 bits per heavy atom. The Balaban J connectivity index is 0.000000173. The molecule has 5 aliphatic rings. The van der Waals surface area contributed by atoms with Gasteiger partial charge in [0.1, 0.15) is 58.3 Å². The van der Waals surface area contributed by atoms with Crippen LogP contribution in [0.4, 0.5) is 57.4 Å². The van der Waals surface area contributed by atoms with E-state index in [1.54, 1.807) is 51.5 Å². The van der Waals surface area contributed by atoms with Crippen molar-refractivity contribution in [1.82, 2.24) is 35.2 Å². The van der Waals surface area contributed by atoms with E-state index in [9.17, 15) is 49.0 Å². The summed E-state index contributed by atoms with van der Waals surface area (Å²) in [5.74, 6) is -16.4. The van der Waals surface area contributed by atoms with Crippen LogP contribution >= 0.6 is 15.9 Å². The van der Waals surface area contributed by atoms with E-state index in [0.717, 1.165) is 96.4 Å². The van der Waals surface area contributed by atoms with Crippen LogP contribution in [0, 0.1) is 34.9 Å². The quantitative estimate of drug-likeness (QED) is 0.0378. The second-order valence-electron chi connectivity index (χ2n) is 23.5. The molecule has 3 aliphatic carbocycles. The van der Waals surface area contributed by atoms with Gasteiger partial charge in [-0.25, -0.2) is 31.0 Å². The fourth-order valence-electron chi connectivity index (χ4n) is 11.4. The van der Waals surface area contributed by atoms with Gasteiger partial charge in [-0.2, -0.15) is 26.3 Å². The molecule has 3 aromatic carbocycles. The third kappa shape index (κ3) is 15.7. The standard InChI is InChI=1S/C18H15F4N5O.C17H13F4NO.C14H8BrF4NO.3C4H9.C3H5.CH4.FH.Sn/c19-13-4-5-14(15(20)7-13)17(28,9-27-10-24-25-26-27)18(21,22)16-6-3-12(8-23-16)11-1-2-11;18-12-4-5-13(14(19)7-12)16(9-23-16)17(20,21)15-6-3-11(8-22-15)10-1-2-10;15-8-1-4-12(20-6-8)14(18,19)13(7-21-13)10-3-2-9(16)5-11(10)17;3*1-3-4-2;1-2-3-1;;;/h3-8,10-11,28H,1-2,9H2;3-8,10H,1-2,9H2;1-6H,7H2;3*1,3-4H2,2H3;1H,2-3H2;1H4;1H;. The molecule has 0 amide bonds. The number of aromatic nitrogens is 7. The van der Waals surface area contributed by atoms with Crippen LogP contribution in [0.3, 0.4) is 0 Å². The van der Waals surface area contributed by atoms with E-state index in [-0.39, 0.29) is 36.5 Å². The Morgan fingerprint density at radius 1 is 0.578 bits per heavy atom. The summed E-state index contributed by atoms with van der Waals surface area (Å²) in [5, 5.41) is 21.2. The minimum Gasteiger partial charge on any atom is -0.377 e. The predicted octanol–water partition coefficient (Wildman–Crippen LogP) is 18.1. The molecule has 3 saturated carbocycles. The number of alkyl halides is 6. The number of hydrogen-bond donors (Lipinski definition) is 1. The minimum absolute atomic E-state index is 0. The third-order valence-electron chi connectivity index (χ3n) is 17.2. The van der Waals surface area contributed by atoms with Crippen molar-refractivity contribution in [3.05, 3.63) is 200 Å². The number of pyridine rings is 3. The first-order valence-corrected chi connectivity index (χ1v) is 38.2. The summed E-state index contributed by atoms with van der Waals surface area (Å²) >= 11 is 1.46. The molecule has 90 heavy (non-hydrogen) atoms. The van der Waals surface area contributed by atoms with Gasteiger partial charge in [-0.05, 0) is 136 Å². The number of ether oxygens (including phenoxy) is 2. The molecule has 10 nitrogen and oxygen atoms in total. The summed E-state index contributed by atoms with van der Waals surface area (Å²) in [6.07, 6.45) is 21.3. The smallest absolute Gasteiger partial charge is 0.324 e. The Morgan fingerprint density at radius 2 is 1.00 bits per heavy atom. The van der Waals surface area contributed by atoms with Gasteiger partial charge in [0, 0.05) is 58.0 Å². The summed E-state index contributed by atoms with van der Waals surface area (Å²) in [5.41, 5.74) is -8.86. The van der Waals surface area contributed by atoms with E-state index in [2.05, 4.69) is 67.2 Å². The fourth-order valence-corrected chi connectivity index (χ4v) is 30.3. The number of aliphatic hydroxyl groups is 1. The van der Waals surface area contributed by atoms with Crippen molar-refractivity contribution >= 4 is 34.3 Å². The SMILES string of the molecule is C.CCC[CH2][Sn]([CH2]CCC)([CH2]CCC)[CH]1CC1.F.Fc1ccc(C2(C(F)(F)c3ccc(Br)cn3)CO2)c(F)c1.Fc1ccc(C2(C(F)(F)c3ccc(C4CC4)cn3)CO2)c(F)c1.OC(Cn1cnnn1)(c1ccc(F)cc1F)C(F)(F)c1ccc(C2CC2)cn1. The number of halogens is 14. The van der Waals surface area contributed by atoms with Gasteiger partial charge in [0.05, 0.1) is 19.8 Å². The average molecular weight is 1450 g/mol. The van der Waals surface area contributed by atoms with Gasteiger partial charge in [0.2, 0.25) is 0 Å². The van der Waals surface area contributed by atoms with E-state index in [1.165, 1.54) is 60.0 Å². The Labute approximate surface area is 527 Å². The van der Waals surface area contributed by atoms with Crippen LogP contribution in [0.5, 0.6) is 0 Å². The molecule has 5 fully saturated rings. The van der Waals surface area contributed by atoms with Crippen LogP contribution < -0.4 is 0 Å². The molecule has 1 N–H and O–H groups in total. The number of nitrogens with zero attached hydrogens (tertiary/aromatic N) is 7. The number of benzene rings is 3. The van der Waals surface area contributed by atoms with Gasteiger partial charge in [0.25, 0.3) is 0 Å². The number of epoxide rings is 2. The van der Waals surface area contributed by atoms with Crippen molar-refractivity contribution in [2.24, 2.45) is 0 Å². The predicted molar refractivity (Wildman–Crippen MR) is 319 cm³/mol. The van der Waals surface area contributed by atoms with Crippen LogP contribution in [-0.4, -0.2) is 71.9 Å². The van der Waals surface area contributed by atoms with Crippen molar-refractivity contribution in [2.45, 2.75) is 175 Å². The van der Waals surface area contributed by atoms with Gasteiger partial charge >= 0.3 is 126 Å². The van der Waals surface area contributed by atoms with Crippen LogP contribution in [0.25, 0.3) is 0 Å². The van der Waals surface area contributed by atoms with E-state index in [0.29, 0.717) is 34.5 Å². The van der Waals surface area contributed by atoms with Crippen LogP contribution in [0.2, 0.25) is 17.2 Å². The largest absolute Gasteiger partial charge is 0.377 e. The zero-order valence-corrected chi connectivity index (χ0v) is 53.6. The third-order valence-corrected chi connectivity index (χ3v) is 35.8. The van der Waals surface area contributed by atoms with E-state index < -0.39 is 117 Å². The van der Waals surface area contributed by atoms with Gasteiger partial charge in [-0.3, -0.25) is 19.7 Å². The molecule has 0 radical (unpaired) electrons. The van der Waals surface area contributed by atoms with Gasteiger partial charge in [-0.1, -0.05) is 19.6 Å². The van der Waals surface area contributed by atoms with E-state index in [1.807, 2.05) is 0 Å². The molecule has 3 unspecified atom stereocenters. The first-order chi connectivity index (χ1) is 41.9.